The largest absolute Gasteiger partial charge is 0.384 e. The minimum atomic E-state index is -0.479. The molecule has 1 aromatic rings. The molecular formula is C8H7NO2S. The lowest BCUT2D eigenvalue weighted by Gasteiger charge is -1.88. The number of nitrogens with two attached hydrogens (primary N) is 1. The van der Waals surface area contributed by atoms with Crippen molar-refractivity contribution in [1.82, 2.24) is 0 Å². The molecule has 1 heterocycles. The number of carbonyl (C=O) groups excluding carboxylic acids is 1. The number of amides is 1. The van der Waals surface area contributed by atoms with Crippen molar-refractivity contribution in [1.29, 1.82) is 0 Å². The van der Waals surface area contributed by atoms with E-state index in [4.69, 9.17) is 10.8 Å². The summed E-state index contributed by atoms with van der Waals surface area (Å²) in [7, 11) is 0. The topological polar surface area (TPSA) is 63.3 Å². The Balaban J connectivity index is 2.99. The Kier molecular flexibility index (Phi) is 2.86. The summed E-state index contributed by atoms with van der Waals surface area (Å²) in [5, 5.41) is 10.1. The van der Waals surface area contributed by atoms with Gasteiger partial charge in [0, 0.05) is 5.56 Å². The molecular weight excluding hydrogens is 174 g/mol. The van der Waals surface area contributed by atoms with Gasteiger partial charge in [-0.15, -0.1) is 11.3 Å². The predicted octanol–water partition coefficient (Wildman–Crippen LogP) is 0.191. The van der Waals surface area contributed by atoms with E-state index in [-0.39, 0.29) is 6.61 Å². The minimum absolute atomic E-state index is 0.214. The van der Waals surface area contributed by atoms with Crippen LogP contribution in [0.25, 0.3) is 0 Å². The van der Waals surface area contributed by atoms with Crippen LogP contribution < -0.4 is 5.73 Å². The fourth-order valence-electron chi connectivity index (χ4n) is 0.733. The summed E-state index contributed by atoms with van der Waals surface area (Å²) < 4.78 is 0. The van der Waals surface area contributed by atoms with Crippen LogP contribution in [0.3, 0.4) is 0 Å². The second-order valence-corrected chi connectivity index (χ2v) is 2.90. The summed E-state index contributed by atoms with van der Waals surface area (Å²) in [5.74, 6) is 4.60. The molecule has 0 spiro atoms. The molecule has 1 rings (SSSR count). The third kappa shape index (κ3) is 1.84. The Bertz CT molecular complexity index is 345. The van der Waals surface area contributed by atoms with Gasteiger partial charge < -0.3 is 10.8 Å². The lowest BCUT2D eigenvalue weighted by molar-refractivity contribution is 0.100. The summed E-state index contributed by atoms with van der Waals surface area (Å²) >= 11 is 1.25. The van der Waals surface area contributed by atoms with E-state index >= 15 is 0 Å². The maximum Gasteiger partial charge on any atom is 0.260 e. The van der Waals surface area contributed by atoms with Gasteiger partial charge >= 0.3 is 0 Å². The summed E-state index contributed by atoms with van der Waals surface area (Å²) in [6.07, 6.45) is 0. The van der Waals surface area contributed by atoms with E-state index in [2.05, 4.69) is 11.8 Å². The van der Waals surface area contributed by atoms with Crippen LogP contribution in [-0.2, 0) is 0 Å². The van der Waals surface area contributed by atoms with Crippen LogP contribution in [0.5, 0.6) is 0 Å². The second-order valence-electron chi connectivity index (χ2n) is 1.99. The fourth-order valence-corrected chi connectivity index (χ4v) is 1.44. The van der Waals surface area contributed by atoms with Gasteiger partial charge in [-0.05, 0) is 11.4 Å². The predicted molar refractivity (Wildman–Crippen MR) is 46.8 cm³/mol. The average Bonchev–Trinajstić information content (AvgIpc) is 2.48. The molecule has 0 bridgehead atoms. The Labute approximate surface area is 73.8 Å². The highest BCUT2D eigenvalue weighted by Gasteiger charge is 2.06. The molecule has 12 heavy (non-hydrogen) atoms. The number of rotatable bonds is 1. The molecule has 0 aliphatic heterocycles. The summed E-state index contributed by atoms with van der Waals surface area (Å²) in [5.41, 5.74) is 5.66. The first-order chi connectivity index (χ1) is 5.75. The summed E-state index contributed by atoms with van der Waals surface area (Å²) in [6.45, 7) is -0.214. The highest BCUT2D eigenvalue weighted by atomic mass is 32.1. The second kappa shape index (κ2) is 3.90. The van der Waals surface area contributed by atoms with E-state index in [1.54, 1.807) is 11.4 Å². The van der Waals surface area contributed by atoms with E-state index in [0.717, 1.165) is 0 Å². The molecule has 62 valence electrons. The lowest BCUT2D eigenvalue weighted by atomic mass is 10.2. The molecule has 3 N–H and O–H groups in total. The summed E-state index contributed by atoms with van der Waals surface area (Å²) in [4.78, 5) is 11.2. The van der Waals surface area contributed by atoms with Crippen molar-refractivity contribution in [3.05, 3.63) is 21.9 Å². The van der Waals surface area contributed by atoms with Gasteiger partial charge in [-0.2, -0.15) is 0 Å². The standard InChI is InChI=1S/C8H7NO2S/c9-8(11)7-6(2-1-4-10)3-5-12-7/h3,5,10H,4H2,(H2,9,11). The highest BCUT2D eigenvalue weighted by molar-refractivity contribution is 7.12. The molecule has 0 saturated heterocycles. The van der Waals surface area contributed by atoms with Crippen LogP contribution in [0.15, 0.2) is 11.4 Å². The molecule has 0 saturated carbocycles. The maximum absolute atomic E-state index is 10.7. The van der Waals surface area contributed by atoms with Gasteiger partial charge in [0.1, 0.15) is 11.5 Å². The number of aliphatic hydroxyl groups is 1. The highest BCUT2D eigenvalue weighted by Crippen LogP contribution is 2.14. The zero-order valence-electron chi connectivity index (χ0n) is 6.20. The van der Waals surface area contributed by atoms with E-state index in [1.165, 1.54) is 11.3 Å². The molecule has 0 aliphatic rings. The lowest BCUT2D eigenvalue weighted by Crippen LogP contribution is -2.10. The number of carbonyl (C=O) groups is 1. The summed E-state index contributed by atoms with van der Waals surface area (Å²) in [6, 6.07) is 1.70. The van der Waals surface area contributed by atoms with Crippen molar-refractivity contribution in [2.24, 2.45) is 5.73 Å². The van der Waals surface area contributed by atoms with E-state index in [1.807, 2.05) is 0 Å². The molecule has 0 fully saturated rings. The quantitative estimate of drug-likeness (QED) is 0.607. The van der Waals surface area contributed by atoms with Crippen LogP contribution in [0, 0.1) is 11.8 Å². The van der Waals surface area contributed by atoms with Crippen LogP contribution in [-0.4, -0.2) is 17.6 Å². The van der Waals surface area contributed by atoms with Crippen LogP contribution in [0.4, 0.5) is 0 Å². The maximum atomic E-state index is 10.7. The van der Waals surface area contributed by atoms with Gasteiger partial charge in [-0.25, -0.2) is 0 Å². The molecule has 0 aromatic carbocycles. The van der Waals surface area contributed by atoms with Crippen molar-refractivity contribution in [3.63, 3.8) is 0 Å². The molecule has 3 nitrogen and oxygen atoms in total. The number of aliphatic hydroxyl groups excluding tert-OH is 1. The number of hydrogen-bond donors (Lipinski definition) is 2. The zero-order valence-corrected chi connectivity index (χ0v) is 7.02. The third-order valence-corrected chi connectivity index (χ3v) is 2.12. The Hall–Kier alpha value is -1.31. The molecule has 0 radical (unpaired) electrons. The normalized spacial score (nSPS) is 8.75. The minimum Gasteiger partial charge on any atom is -0.384 e. The average molecular weight is 181 g/mol. The molecule has 1 aromatic heterocycles. The van der Waals surface area contributed by atoms with Gasteiger partial charge in [-0.3, -0.25) is 4.79 Å². The Morgan fingerprint density at radius 1 is 1.75 bits per heavy atom. The van der Waals surface area contributed by atoms with Crippen LogP contribution in [0.1, 0.15) is 15.2 Å². The first-order valence-electron chi connectivity index (χ1n) is 3.22. The molecule has 0 aliphatic carbocycles. The van der Waals surface area contributed by atoms with Crippen molar-refractivity contribution >= 4 is 17.2 Å². The number of primary amides is 1. The zero-order chi connectivity index (χ0) is 8.97. The SMILES string of the molecule is NC(=O)c1sccc1C#CCO. The van der Waals surface area contributed by atoms with Crippen molar-refractivity contribution in [2.45, 2.75) is 0 Å². The van der Waals surface area contributed by atoms with Gasteiger partial charge in [0.25, 0.3) is 5.91 Å². The monoisotopic (exact) mass is 181 g/mol. The molecule has 1 amide bonds. The van der Waals surface area contributed by atoms with Gasteiger partial charge in [0.2, 0.25) is 0 Å². The Morgan fingerprint density at radius 3 is 3.08 bits per heavy atom. The van der Waals surface area contributed by atoms with Crippen molar-refractivity contribution < 1.29 is 9.90 Å². The Morgan fingerprint density at radius 2 is 2.50 bits per heavy atom. The van der Waals surface area contributed by atoms with E-state index in [9.17, 15) is 4.79 Å². The van der Waals surface area contributed by atoms with Gasteiger partial charge in [-0.1, -0.05) is 11.8 Å². The third-order valence-electron chi connectivity index (χ3n) is 1.19. The van der Waals surface area contributed by atoms with Gasteiger partial charge in [0.05, 0.1) is 0 Å². The van der Waals surface area contributed by atoms with Crippen LogP contribution >= 0.6 is 11.3 Å². The molecule has 4 heteroatoms. The smallest absolute Gasteiger partial charge is 0.260 e. The number of thiophene rings is 1. The van der Waals surface area contributed by atoms with E-state index in [0.29, 0.717) is 10.4 Å². The molecule has 0 atom stereocenters. The first-order valence-corrected chi connectivity index (χ1v) is 4.10. The fraction of sp³-hybridized carbons (Fsp3) is 0.125. The van der Waals surface area contributed by atoms with Crippen molar-refractivity contribution in [2.75, 3.05) is 6.61 Å². The van der Waals surface area contributed by atoms with Crippen molar-refractivity contribution in [3.8, 4) is 11.8 Å². The van der Waals surface area contributed by atoms with Gasteiger partial charge in [0.15, 0.2) is 0 Å². The number of hydrogen-bond acceptors (Lipinski definition) is 3. The van der Waals surface area contributed by atoms with Crippen LogP contribution in [0.2, 0.25) is 0 Å². The first kappa shape index (κ1) is 8.78. The van der Waals surface area contributed by atoms with E-state index < -0.39 is 5.91 Å². The molecule has 0 unspecified atom stereocenters.